The van der Waals surface area contributed by atoms with Crippen LogP contribution in [0.15, 0.2) is 28.7 Å². The zero-order chi connectivity index (χ0) is 27.4. The van der Waals surface area contributed by atoms with Crippen LogP contribution in [0.3, 0.4) is 0 Å². The molecule has 0 nitrogen and oxygen atoms in total. The van der Waals surface area contributed by atoms with Crippen LogP contribution in [0, 0.1) is 0 Å². The van der Waals surface area contributed by atoms with Gasteiger partial charge in [-0.15, -0.1) is 0 Å². The van der Waals surface area contributed by atoms with Gasteiger partial charge in [0.15, 0.2) is 0 Å². The van der Waals surface area contributed by atoms with E-state index in [-0.39, 0.29) is 0 Å². The molecule has 0 heterocycles. The van der Waals surface area contributed by atoms with Crippen LogP contribution in [0.5, 0.6) is 0 Å². The van der Waals surface area contributed by atoms with Crippen molar-refractivity contribution in [2.75, 3.05) is 0 Å². The van der Waals surface area contributed by atoms with Gasteiger partial charge in [-0.25, -0.2) is 0 Å². The van der Waals surface area contributed by atoms with E-state index < -0.39 is 19.5 Å². The zero-order valence-electron chi connectivity index (χ0n) is 21.9. The molecule has 0 radical (unpaired) electrons. The van der Waals surface area contributed by atoms with Gasteiger partial charge in [0.05, 0.1) is 11.1 Å². The van der Waals surface area contributed by atoms with E-state index in [1.807, 2.05) is 33.4 Å². The summed E-state index contributed by atoms with van der Waals surface area (Å²) in [6.07, 6.45) is 17.5. The van der Waals surface area contributed by atoms with Crippen LogP contribution in [-0.2, 0) is 0 Å². The molecule has 2 aromatic carbocycles. The van der Waals surface area contributed by atoms with Crippen LogP contribution in [0.4, 0.5) is 16.9 Å². The first kappa shape index (κ1) is 27.0. The minimum absolute atomic E-state index is 0.811. The number of halogens is 7. The van der Waals surface area contributed by atoms with Crippen LogP contribution in [0.2, 0.25) is 0 Å². The van der Waals surface area contributed by atoms with Crippen LogP contribution in [0.25, 0.3) is 11.1 Å². The molecule has 9 aliphatic carbocycles. The van der Waals surface area contributed by atoms with Crippen LogP contribution in [-0.4, -0.2) is 19.5 Å². The SMILES string of the molecule is Brc1cccc(-c2c3c(c4c(c5[c+]2C2CCC5CC2)C2CCC4CC2)C2CCC3CC2)c1.[F][Sb-]([F])([F])([F])([F])[F]. The fourth-order valence-corrected chi connectivity index (χ4v) is 9.97. The Morgan fingerprint density at radius 1 is 0.590 bits per heavy atom. The van der Waals surface area contributed by atoms with Gasteiger partial charge in [-0.05, 0) is 117 Å². The topological polar surface area (TPSA) is 0 Å². The van der Waals surface area contributed by atoms with Crippen LogP contribution in [0.1, 0.15) is 146 Å². The summed E-state index contributed by atoms with van der Waals surface area (Å²) in [6.45, 7) is 0. The maximum absolute atomic E-state index is 11.2. The molecular formula is C31H34BrF6Sb. The fourth-order valence-electron chi connectivity index (χ4n) is 9.57. The Morgan fingerprint density at radius 3 is 1.54 bits per heavy atom. The summed E-state index contributed by atoms with van der Waals surface area (Å²) in [4.78, 5) is 0. The van der Waals surface area contributed by atoms with Crippen molar-refractivity contribution in [1.82, 2.24) is 0 Å². The van der Waals surface area contributed by atoms with E-state index in [1.165, 1.54) is 87.1 Å². The quantitative estimate of drug-likeness (QED) is 0.156. The third kappa shape index (κ3) is 5.08. The molecule has 0 aliphatic heterocycles. The number of hydrogen-bond acceptors (Lipinski definition) is 0. The number of rotatable bonds is 1. The van der Waals surface area contributed by atoms with E-state index in [0.29, 0.717) is 0 Å². The average Bonchev–Trinajstić information content (AvgIpc) is 3.06. The molecule has 39 heavy (non-hydrogen) atoms. The summed E-state index contributed by atoms with van der Waals surface area (Å²) >= 11 is -7.41. The summed E-state index contributed by atoms with van der Waals surface area (Å²) in [7, 11) is 0. The van der Waals surface area contributed by atoms with E-state index in [4.69, 9.17) is 0 Å². The number of fused-ring (bicyclic) bond motifs is 6. The molecule has 0 atom stereocenters. The summed E-state index contributed by atoms with van der Waals surface area (Å²) < 4.78 is 60.8. The van der Waals surface area contributed by atoms with Crippen molar-refractivity contribution in [1.29, 1.82) is 0 Å². The van der Waals surface area contributed by atoms with Crippen LogP contribution >= 0.6 is 15.9 Å². The Balaban J connectivity index is 0.000000324. The molecule has 8 heteroatoms. The van der Waals surface area contributed by atoms with Gasteiger partial charge in [0.25, 0.3) is 0 Å². The monoisotopic (exact) mass is 720 g/mol. The molecule has 9 aliphatic rings. The van der Waals surface area contributed by atoms with Crippen molar-refractivity contribution in [3.8, 4) is 11.1 Å². The van der Waals surface area contributed by atoms with E-state index >= 15 is 0 Å². The second-order valence-electron chi connectivity index (χ2n) is 13.0. The first-order valence-corrected chi connectivity index (χ1v) is 21.2. The van der Waals surface area contributed by atoms with Gasteiger partial charge in [0, 0.05) is 62.0 Å². The molecule has 0 unspecified atom stereocenters. The van der Waals surface area contributed by atoms with Crippen LogP contribution < -0.4 is 0 Å². The van der Waals surface area contributed by atoms with Crippen molar-refractivity contribution in [2.45, 2.75) is 113 Å². The van der Waals surface area contributed by atoms with E-state index in [1.54, 1.807) is 5.56 Å². The summed E-state index contributed by atoms with van der Waals surface area (Å²) in [5, 5.41) is 0. The third-order valence-electron chi connectivity index (χ3n) is 10.7. The normalized spacial score (nSPS) is 33.2. The molecule has 3 saturated carbocycles. The first-order valence-electron chi connectivity index (χ1n) is 14.7. The third-order valence-corrected chi connectivity index (χ3v) is 11.2. The molecule has 0 aromatic heterocycles. The van der Waals surface area contributed by atoms with Gasteiger partial charge >= 0.3 is 36.4 Å². The van der Waals surface area contributed by atoms with E-state index in [2.05, 4.69) is 40.2 Å². The standard InChI is InChI=1S/C31H34Br.6FH.Sb/c32-24-3-1-2-23(16-24)31-29-21-12-8-19(9-13-21)27(29)25-17-4-5-18(7-6-17)26(25)28-20-10-14-22(15-11-20)30(28)31;;;;;;;/h1-3,16-22H,4-15H2;6*1H;/q+1;;;;;;;+5/p-6. The predicted octanol–water partition coefficient (Wildman–Crippen LogP) is 11.8. The second-order valence-corrected chi connectivity index (χ2v) is 19.4. The maximum atomic E-state index is 9.93. The van der Waals surface area contributed by atoms with Gasteiger partial charge in [0.1, 0.15) is 5.56 Å². The van der Waals surface area contributed by atoms with Gasteiger partial charge in [-0.2, -0.15) is 0 Å². The zero-order valence-corrected chi connectivity index (χ0v) is 26.0. The Hall–Kier alpha value is -0.812. The van der Waals surface area contributed by atoms with Crippen molar-refractivity contribution in [2.24, 2.45) is 0 Å². The van der Waals surface area contributed by atoms with Gasteiger partial charge in [-0.1, -0.05) is 6.07 Å². The van der Waals surface area contributed by atoms with Gasteiger partial charge < -0.3 is 0 Å². The molecule has 0 saturated heterocycles. The number of benzene rings is 1. The van der Waals surface area contributed by atoms with Gasteiger partial charge in [0.2, 0.25) is 0 Å². The Kier molecular flexibility index (Phi) is 5.97. The van der Waals surface area contributed by atoms with Crippen molar-refractivity contribution in [3.05, 3.63) is 62.1 Å². The molecule has 0 spiro atoms. The van der Waals surface area contributed by atoms with Gasteiger partial charge in [-0.3, -0.25) is 0 Å². The molecule has 212 valence electrons. The number of hydrogen-bond donors (Lipinski definition) is 0. The first-order chi connectivity index (χ1) is 18.2. The predicted molar refractivity (Wildman–Crippen MR) is 148 cm³/mol. The molecule has 11 rings (SSSR count). The van der Waals surface area contributed by atoms with E-state index in [0.717, 1.165) is 35.5 Å². The molecule has 0 N–H and O–H groups in total. The van der Waals surface area contributed by atoms with Crippen molar-refractivity contribution < 1.29 is 16.9 Å². The molecule has 2 aromatic rings. The second kappa shape index (κ2) is 8.61. The average molecular weight is 722 g/mol. The van der Waals surface area contributed by atoms with Crippen molar-refractivity contribution >= 4 is 35.4 Å². The Bertz CT molecular complexity index is 1270. The van der Waals surface area contributed by atoms with Crippen molar-refractivity contribution in [3.63, 3.8) is 0 Å². The Morgan fingerprint density at radius 2 is 1.03 bits per heavy atom. The molecule has 0 amide bonds. The molecular weight excluding hydrogens is 688 g/mol. The minimum atomic E-state index is -11.2. The molecule has 6 bridgehead atoms. The summed E-state index contributed by atoms with van der Waals surface area (Å²) in [5.41, 5.74) is 14.7. The summed E-state index contributed by atoms with van der Waals surface area (Å²) in [5.74, 6) is 5.06. The summed E-state index contributed by atoms with van der Waals surface area (Å²) in [6, 6.07) is 9.40. The van der Waals surface area contributed by atoms with E-state index in [9.17, 15) is 16.9 Å². The fraction of sp³-hybridized carbons (Fsp3) is 0.581. The Labute approximate surface area is 237 Å². The molecule has 3 fully saturated rings.